The number of benzene rings is 1. The lowest BCUT2D eigenvalue weighted by Crippen LogP contribution is -2.20. The van der Waals surface area contributed by atoms with Crippen LogP contribution in [-0.2, 0) is 6.42 Å². The van der Waals surface area contributed by atoms with E-state index in [1.807, 2.05) is 13.8 Å². The third-order valence-corrected chi connectivity index (χ3v) is 2.48. The second-order valence-electron chi connectivity index (χ2n) is 3.37. The average Bonchev–Trinajstić information content (AvgIpc) is 2.79. The molecule has 1 aliphatic heterocycles. The van der Waals surface area contributed by atoms with Crippen molar-refractivity contribution in [3.63, 3.8) is 0 Å². The van der Waals surface area contributed by atoms with Crippen LogP contribution in [0.5, 0.6) is 0 Å². The molecule has 1 aromatic carbocycles. The first-order valence-corrected chi connectivity index (χ1v) is 6.24. The van der Waals surface area contributed by atoms with Gasteiger partial charge in [-0.15, -0.1) is 13.2 Å². The van der Waals surface area contributed by atoms with Crippen LogP contribution >= 0.6 is 0 Å². The summed E-state index contributed by atoms with van der Waals surface area (Å²) in [6, 6.07) is 8.74. The van der Waals surface area contributed by atoms with Gasteiger partial charge in [-0.05, 0) is 24.5 Å². The van der Waals surface area contributed by atoms with Crippen molar-refractivity contribution in [2.24, 2.45) is 0 Å². The van der Waals surface area contributed by atoms with Crippen molar-refractivity contribution in [3.05, 3.63) is 43.0 Å². The topological polar surface area (TPSA) is 3.24 Å². The minimum atomic E-state index is 1.21. The van der Waals surface area contributed by atoms with E-state index in [9.17, 15) is 0 Å². The summed E-state index contributed by atoms with van der Waals surface area (Å²) in [6.45, 7) is 14.7. The molecule has 0 amide bonds. The van der Waals surface area contributed by atoms with Crippen LogP contribution in [0.25, 0.3) is 0 Å². The van der Waals surface area contributed by atoms with E-state index < -0.39 is 0 Å². The van der Waals surface area contributed by atoms with E-state index in [2.05, 4.69) is 49.2 Å². The first-order chi connectivity index (χ1) is 7.92. The predicted octanol–water partition coefficient (Wildman–Crippen LogP) is 4.29. The van der Waals surface area contributed by atoms with E-state index in [0.717, 1.165) is 0 Å². The summed E-state index contributed by atoms with van der Waals surface area (Å²) in [7, 11) is 0. The van der Waals surface area contributed by atoms with E-state index >= 15 is 0 Å². The molecule has 0 spiro atoms. The Balaban J connectivity index is 0.000000509. The van der Waals surface area contributed by atoms with Gasteiger partial charge in [-0.1, -0.05) is 39.0 Å². The zero-order valence-corrected chi connectivity index (χ0v) is 11.0. The second kappa shape index (κ2) is 9.02. The molecule has 2 rings (SSSR count). The Kier molecular flexibility index (Phi) is 8.32. The molecule has 1 heteroatoms. The molecule has 1 aliphatic rings. The highest BCUT2D eigenvalue weighted by atomic mass is 15.1. The monoisotopic (exact) mass is 219 g/mol. The summed E-state index contributed by atoms with van der Waals surface area (Å²) in [6.07, 6.45) is 2.48. The standard InChI is InChI=1S/C11H15N.C2H6.C2H4/c1-2-8-12-9-7-10-5-3-4-6-11(10)12;2*1-2/h3-6H,2,7-9H2,1H3;1-2H3;1-2H2. The first-order valence-electron chi connectivity index (χ1n) is 6.24. The Labute approximate surface area is 101 Å². The summed E-state index contributed by atoms with van der Waals surface area (Å²) in [5.41, 5.74) is 2.98. The summed E-state index contributed by atoms with van der Waals surface area (Å²) in [4.78, 5) is 2.48. The van der Waals surface area contributed by atoms with Gasteiger partial charge < -0.3 is 4.90 Å². The predicted molar refractivity (Wildman–Crippen MR) is 75.3 cm³/mol. The van der Waals surface area contributed by atoms with Gasteiger partial charge in [0.25, 0.3) is 0 Å². The van der Waals surface area contributed by atoms with Crippen molar-refractivity contribution in [1.82, 2.24) is 0 Å². The molecule has 0 saturated heterocycles. The Morgan fingerprint density at radius 1 is 1.19 bits per heavy atom. The number of para-hydroxylation sites is 1. The fourth-order valence-corrected chi connectivity index (χ4v) is 1.91. The molecule has 1 nitrogen and oxygen atoms in total. The van der Waals surface area contributed by atoms with Crippen LogP contribution in [0.15, 0.2) is 37.4 Å². The van der Waals surface area contributed by atoms with Crippen LogP contribution in [0.3, 0.4) is 0 Å². The minimum Gasteiger partial charge on any atom is -0.371 e. The lowest BCUT2D eigenvalue weighted by Gasteiger charge is -2.17. The maximum absolute atomic E-state index is 3.00. The fraction of sp³-hybridized carbons (Fsp3) is 0.467. The highest BCUT2D eigenvalue weighted by Crippen LogP contribution is 2.26. The van der Waals surface area contributed by atoms with Crippen molar-refractivity contribution < 1.29 is 0 Å². The Bertz CT molecular complexity index is 279. The van der Waals surface area contributed by atoms with Crippen LogP contribution in [0.2, 0.25) is 0 Å². The summed E-state index contributed by atoms with van der Waals surface area (Å²) in [5, 5.41) is 0. The molecule has 1 aromatic rings. The minimum absolute atomic E-state index is 1.21. The molecule has 0 N–H and O–H groups in total. The van der Waals surface area contributed by atoms with Gasteiger partial charge >= 0.3 is 0 Å². The first kappa shape index (κ1) is 14.8. The summed E-state index contributed by atoms with van der Waals surface area (Å²) >= 11 is 0. The molecule has 16 heavy (non-hydrogen) atoms. The van der Waals surface area contributed by atoms with E-state index in [0.29, 0.717) is 0 Å². The Hall–Kier alpha value is -1.24. The van der Waals surface area contributed by atoms with Crippen LogP contribution in [-0.4, -0.2) is 13.1 Å². The molecular weight excluding hydrogens is 194 g/mol. The van der Waals surface area contributed by atoms with Gasteiger partial charge in [0.2, 0.25) is 0 Å². The van der Waals surface area contributed by atoms with Gasteiger partial charge in [0, 0.05) is 18.8 Å². The molecule has 0 aliphatic carbocycles. The van der Waals surface area contributed by atoms with Crippen LogP contribution in [0.4, 0.5) is 5.69 Å². The zero-order valence-electron chi connectivity index (χ0n) is 11.0. The van der Waals surface area contributed by atoms with Crippen molar-refractivity contribution in [2.75, 3.05) is 18.0 Å². The summed E-state index contributed by atoms with van der Waals surface area (Å²) < 4.78 is 0. The van der Waals surface area contributed by atoms with E-state index in [1.165, 1.54) is 37.2 Å². The highest BCUT2D eigenvalue weighted by Gasteiger charge is 2.16. The van der Waals surface area contributed by atoms with Gasteiger partial charge in [-0.2, -0.15) is 0 Å². The van der Waals surface area contributed by atoms with Crippen molar-refractivity contribution in [1.29, 1.82) is 0 Å². The number of nitrogens with zero attached hydrogens (tertiary/aromatic N) is 1. The SMILES string of the molecule is C=C.CC.CCCN1CCc2ccccc21. The molecule has 90 valence electrons. The van der Waals surface area contributed by atoms with Crippen molar-refractivity contribution in [3.8, 4) is 0 Å². The molecule has 0 bridgehead atoms. The lowest BCUT2D eigenvalue weighted by molar-refractivity contribution is 0.796. The van der Waals surface area contributed by atoms with Gasteiger partial charge in [0.1, 0.15) is 0 Å². The Morgan fingerprint density at radius 2 is 1.81 bits per heavy atom. The van der Waals surface area contributed by atoms with Gasteiger partial charge in [0.15, 0.2) is 0 Å². The molecule has 0 aromatic heterocycles. The maximum atomic E-state index is 3.00. The number of fused-ring (bicyclic) bond motifs is 1. The molecule has 0 atom stereocenters. The van der Waals surface area contributed by atoms with Crippen molar-refractivity contribution in [2.45, 2.75) is 33.6 Å². The van der Waals surface area contributed by atoms with E-state index in [4.69, 9.17) is 0 Å². The number of hydrogen-bond donors (Lipinski definition) is 0. The fourth-order valence-electron chi connectivity index (χ4n) is 1.91. The van der Waals surface area contributed by atoms with Gasteiger partial charge in [0.05, 0.1) is 0 Å². The smallest absolute Gasteiger partial charge is 0.0399 e. The maximum Gasteiger partial charge on any atom is 0.0399 e. The Morgan fingerprint density at radius 3 is 2.44 bits per heavy atom. The second-order valence-corrected chi connectivity index (χ2v) is 3.37. The quantitative estimate of drug-likeness (QED) is 0.671. The number of anilines is 1. The van der Waals surface area contributed by atoms with Crippen LogP contribution in [0.1, 0.15) is 32.8 Å². The largest absolute Gasteiger partial charge is 0.371 e. The molecule has 1 heterocycles. The number of hydrogen-bond acceptors (Lipinski definition) is 1. The molecule has 0 fully saturated rings. The third kappa shape index (κ3) is 3.73. The van der Waals surface area contributed by atoms with E-state index in [1.54, 1.807) is 0 Å². The molecule has 0 saturated carbocycles. The van der Waals surface area contributed by atoms with Gasteiger partial charge in [-0.25, -0.2) is 0 Å². The summed E-state index contributed by atoms with van der Waals surface area (Å²) in [5.74, 6) is 0. The highest BCUT2D eigenvalue weighted by molar-refractivity contribution is 5.57. The molecule has 0 unspecified atom stereocenters. The average molecular weight is 219 g/mol. The van der Waals surface area contributed by atoms with Gasteiger partial charge in [-0.3, -0.25) is 0 Å². The van der Waals surface area contributed by atoms with Crippen molar-refractivity contribution >= 4 is 5.69 Å². The van der Waals surface area contributed by atoms with E-state index in [-0.39, 0.29) is 0 Å². The zero-order chi connectivity index (χ0) is 12.4. The lowest BCUT2D eigenvalue weighted by atomic mass is 10.2. The number of rotatable bonds is 2. The molecular formula is C15H25N. The van der Waals surface area contributed by atoms with Crippen LogP contribution < -0.4 is 4.90 Å². The molecule has 0 radical (unpaired) electrons. The normalized spacial score (nSPS) is 11.8. The van der Waals surface area contributed by atoms with Crippen LogP contribution in [0, 0.1) is 0 Å². The third-order valence-electron chi connectivity index (χ3n) is 2.48.